The van der Waals surface area contributed by atoms with Crippen molar-refractivity contribution in [1.82, 2.24) is 0 Å². The lowest BCUT2D eigenvalue weighted by molar-refractivity contribution is -0.142. The van der Waals surface area contributed by atoms with Crippen molar-refractivity contribution >= 4 is 45.2 Å². The van der Waals surface area contributed by atoms with E-state index < -0.39 is 0 Å². The van der Waals surface area contributed by atoms with Crippen molar-refractivity contribution in [2.75, 3.05) is 18.9 Å². The fourth-order valence-electron chi connectivity index (χ4n) is 3.30. The molecule has 1 unspecified atom stereocenters. The molecule has 0 saturated carbocycles. The van der Waals surface area contributed by atoms with Crippen molar-refractivity contribution in [2.24, 2.45) is 5.11 Å². The van der Waals surface area contributed by atoms with Gasteiger partial charge in [0.05, 0.1) is 6.61 Å². The molecule has 0 fully saturated rings. The van der Waals surface area contributed by atoms with Crippen LogP contribution in [0, 0.1) is 0 Å². The van der Waals surface area contributed by atoms with Gasteiger partial charge in [0.1, 0.15) is 8.78 Å². The first-order chi connectivity index (χ1) is 15.6. The van der Waals surface area contributed by atoms with E-state index in [1.54, 1.807) is 11.8 Å². The maximum atomic E-state index is 12.1. The summed E-state index contributed by atoms with van der Waals surface area (Å²) in [4.78, 5) is 14.9. The van der Waals surface area contributed by atoms with E-state index in [2.05, 4.69) is 16.9 Å². The molecule has 0 heterocycles. The first-order valence-electron chi connectivity index (χ1n) is 12.6. The van der Waals surface area contributed by atoms with Crippen LogP contribution in [0.5, 0.6) is 0 Å². The maximum Gasteiger partial charge on any atom is 0.319 e. The van der Waals surface area contributed by atoms with E-state index in [4.69, 9.17) is 22.5 Å². The summed E-state index contributed by atoms with van der Waals surface area (Å²) >= 11 is 8.59. The molecule has 32 heavy (non-hydrogen) atoms. The summed E-state index contributed by atoms with van der Waals surface area (Å²) in [6, 6.07) is 0. The second-order valence-electron chi connectivity index (χ2n) is 8.28. The van der Waals surface area contributed by atoms with Crippen molar-refractivity contribution in [3.8, 4) is 0 Å². The van der Waals surface area contributed by atoms with Gasteiger partial charge in [-0.15, -0.1) is 11.8 Å². The Kier molecular flexibility index (Phi) is 24.9. The topological polar surface area (TPSA) is 75.1 Å². The van der Waals surface area contributed by atoms with Gasteiger partial charge in [-0.1, -0.05) is 119 Å². The molecular weight excluding hydrogens is 458 g/mol. The highest BCUT2D eigenvalue weighted by Gasteiger charge is 2.17. The monoisotopic (exact) mass is 503 g/mol. The Labute approximate surface area is 210 Å². The van der Waals surface area contributed by atoms with Crippen molar-refractivity contribution < 1.29 is 9.53 Å². The standard InChI is InChI=1S/C24H45N3O2S3/c1-3-4-5-6-7-8-9-12-15-18-21-31-24(30)32-22(2)23(28)29-20-17-14-11-10-13-16-19-26-27-25/h22H,3-21H2,1-2H3. The minimum atomic E-state index is -0.233. The Hall–Kier alpha value is -0.430. The smallest absolute Gasteiger partial charge is 0.319 e. The first kappa shape index (κ1) is 31.6. The van der Waals surface area contributed by atoms with Crippen LogP contribution in [-0.2, 0) is 9.53 Å². The van der Waals surface area contributed by atoms with E-state index in [1.807, 2.05) is 6.92 Å². The molecule has 0 bridgehead atoms. The number of nitrogens with zero attached hydrogens (tertiary/aromatic N) is 3. The number of carbonyl (C=O) groups is 1. The summed E-state index contributed by atoms with van der Waals surface area (Å²) in [5.41, 5.74) is 8.21. The lowest BCUT2D eigenvalue weighted by Gasteiger charge is -2.11. The molecule has 0 saturated heterocycles. The van der Waals surface area contributed by atoms with Gasteiger partial charge in [-0.2, -0.15) is 0 Å². The summed E-state index contributed by atoms with van der Waals surface area (Å²) in [7, 11) is 0. The average molecular weight is 504 g/mol. The number of hydrogen-bond acceptors (Lipinski definition) is 6. The lowest BCUT2D eigenvalue weighted by Crippen LogP contribution is -2.18. The second kappa shape index (κ2) is 25.2. The van der Waals surface area contributed by atoms with Crippen LogP contribution in [0.25, 0.3) is 10.4 Å². The summed E-state index contributed by atoms with van der Waals surface area (Å²) in [6.07, 6.45) is 19.7. The number of unbranched alkanes of at least 4 members (excludes halogenated alkanes) is 14. The minimum Gasteiger partial charge on any atom is -0.465 e. The van der Waals surface area contributed by atoms with Crippen LogP contribution < -0.4 is 0 Å². The third-order valence-electron chi connectivity index (χ3n) is 5.28. The van der Waals surface area contributed by atoms with Crippen molar-refractivity contribution in [3.63, 3.8) is 0 Å². The normalized spacial score (nSPS) is 11.7. The number of ether oxygens (including phenoxy) is 1. The Morgan fingerprint density at radius 1 is 0.906 bits per heavy atom. The van der Waals surface area contributed by atoms with Gasteiger partial charge >= 0.3 is 5.97 Å². The molecule has 0 rings (SSSR count). The number of esters is 1. The van der Waals surface area contributed by atoms with Crippen LogP contribution in [0.1, 0.15) is 117 Å². The largest absolute Gasteiger partial charge is 0.465 e. The number of rotatable bonds is 22. The zero-order valence-corrected chi connectivity index (χ0v) is 22.8. The van der Waals surface area contributed by atoms with E-state index in [9.17, 15) is 4.79 Å². The fourth-order valence-corrected chi connectivity index (χ4v) is 5.90. The highest BCUT2D eigenvalue weighted by molar-refractivity contribution is 8.47. The molecular formula is C24H45N3O2S3. The van der Waals surface area contributed by atoms with Crippen molar-refractivity contribution in [2.45, 2.75) is 122 Å². The van der Waals surface area contributed by atoms with Crippen LogP contribution in [0.15, 0.2) is 5.11 Å². The van der Waals surface area contributed by atoms with Crippen LogP contribution in [0.2, 0.25) is 0 Å². The number of hydrogen-bond donors (Lipinski definition) is 0. The maximum absolute atomic E-state index is 12.1. The zero-order chi connectivity index (χ0) is 23.7. The number of azide groups is 1. The molecule has 0 radical (unpaired) electrons. The molecule has 186 valence electrons. The third-order valence-corrected chi connectivity index (χ3v) is 8.03. The van der Waals surface area contributed by atoms with Gasteiger partial charge in [-0.05, 0) is 37.5 Å². The highest BCUT2D eigenvalue weighted by atomic mass is 32.2. The molecule has 5 nitrogen and oxygen atoms in total. The summed E-state index contributed by atoms with van der Waals surface area (Å²) in [6.45, 7) is 5.22. The van der Waals surface area contributed by atoms with Gasteiger partial charge in [0, 0.05) is 11.5 Å². The molecule has 0 N–H and O–H groups in total. The van der Waals surface area contributed by atoms with Crippen LogP contribution in [0.3, 0.4) is 0 Å². The van der Waals surface area contributed by atoms with Gasteiger partial charge in [-0.25, -0.2) is 0 Å². The van der Waals surface area contributed by atoms with Gasteiger partial charge in [-0.3, -0.25) is 4.79 Å². The Morgan fingerprint density at radius 2 is 1.44 bits per heavy atom. The van der Waals surface area contributed by atoms with Gasteiger partial charge < -0.3 is 4.74 Å². The fraction of sp³-hybridized carbons (Fsp3) is 0.917. The Bertz CT molecular complexity index is 515. The number of thioether (sulfide) groups is 2. The Morgan fingerprint density at radius 3 is 2.03 bits per heavy atom. The SMILES string of the molecule is CCCCCCCCCCCCSC(=S)SC(C)C(=O)OCCCCCCCCN=[N+]=[N-]. The van der Waals surface area contributed by atoms with Crippen LogP contribution >= 0.6 is 35.7 Å². The van der Waals surface area contributed by atoms with Gasteiger partial charge in [0.25, 0.3) is 0 Å². The predicted octanol–water partition coefficient (Wildman–Crippen LogP) is 9.24. The molecule has 0 aliphatic heterocycles. The minimum absolute atomic E-state index is 0.161. The first-order valence-corrected chi connectivity index (χ1v) is 14.9. The lowest BCUT2D eigenvalue weighted by atomic mass is 10.1. The molecule has 0 aromatic heterocycles. The van der Waals surface area contributed by atoms with Crippen molar-refractivity contribution in [3.05, 3.63) is 10.4 Å². The molecule has 0 aliphatic carbocycles. The van der Waals surface area contributed by atoms with Gasteiger partial charge in [0.15, 0.2) is 0 Å². The van der Waals surface area contributed by atoms with E-state index in [0.717, 1.165) is 47.8 Å². The van der Waals surface area contributed by atoms with Gasteiger partial charge in [0.2, 0.25) is 0 Å². The quantitative estimate of drug-likeness (QED) is 0.0367. The van der Waals surface area contributed by atoms with E-state index >= 15 is 0 Å². The average Bonchev–Trinajstić information content (AvgIpc) is 2.78. The van der Waals surface area contributed by atoms with E-state index in [1.165, 1.54) is 76.0 Å². The molecule has 0 aliphatic rings. The van der Waals surface area contributed by atoms with E-state index in [0.29, 0.717) is 13.2 Å². The summed E-state index contributed by atoms with van der Waals surface area (Å²) in [5.74, 6) is 0.888. The molecule has 8 heteroatoms. The summed E-state index contributed by atoms with van der Waals surface area (Å²) < 4.78 is 6.24. The predicted molar refractivity (Wildman–Crippen MR) is 147 cm³/mol. The molecule has 0 aromatic carbocycles. The molecule has 1 atom stereocenters. The zero-order valence-electron chi connectivity index (χ0n) is 20.4. The summed E-state index contributed by atoms with van der Waals surface area (Å²) in [5, 5.41) is 3.30. The highest BCUT2D eigenvalue weighted by Crippen LogP contribution is 2.24. The Balaban J connectivity index is 3.49. The van der Waals surface area contributed by atoms with Crippen LogP contribution in [-0.4, -0.2) is 33.7 Å². The third kappa shape index (κ3) is 22.8. The molecule has 0 aromatic rings. The van der Waals surface area contributed by atoms with Crippen LogP contribution in [0.4, 0.5) is 0 Å². The van der Waals surface area contributed by atoms with E-state index in [-0.39, 0.29) is 11.2 Å². The number of carbonyl (C=O) groups excluding carboxylic acids is 1. The molecule has 0 amide bonds. The second-order valence-corrected chi connectivity index (χ2v) is 11.9. The molecule has 0 spiro atoms. The van der Waals surface area contributed by atoms with Crippen molar-refractivity contribution in [1.29, 1.82) is 0 Å². The number of thiocarbonyl (C=S) groups is 1.